The number of carbonyl (C=O) groups excluding carboxylic acids is 2. The number of hydrogen-bond acceptors (Lipinski definition) is 6. The Kier molecular flexibility index (Phi) is 5.25. The molecule has 9 nitrogen and oxygen atoms in total. The lowest BCUT2D eigenvalue weighted by Gasteiger charge is -2.15. The number of hydrogen-bond donors (Lipinski definition) is 3. The summed E-state index contributed by atoms with van der Waals surface area (Å²) in [4.78, 5) is 49.5. The van der Waals surface area contributed by atoms with Crippen molar-refractivity contribution >= 4 is 22.8 Å². The summed E-state index contributed by atoms with van der Waals surface area (Å²) in [5.41, 5.74) is 4.25. The van der Waals surface area contributed by atoms with Crippen LogP contribution in [0.4, 0.5) is 0 Å². The number of aromatic amines is 1. The normalized spacial score (nSPS) is 11.6. The van der Waals surface area contributed by atoms with Gasteiger partial charge in [-0.05, 0) is 43.7 Å². The number of rotatable bonds is 4. The maximum absolute atomic E-state index is 12.1. The van der Waals surface area contributed by atoms with E-state index >= 15 is 0 Å². The Bertz CT molecular complexity index is 1160. The van der Waals surface area contributed by atoms with Crippen LogP contribution in [0.1, 0.15) is 22.8 Å². The number of benzene rings is 1. The minimum absolute atomic E-state index is 0.142. The van der Waals surface area contributed by atoms with Crippen molar-refractivity contribution < 1.29 is 18.7 Å². The summed E-state index contributed by atoms with van der Waals surface area (Å²) >= 11 is 0. The summed E-state index contributed by atoms with van der Waals surface area (Å²) in [5, 5.41) is 0.754. The number of nitrogens with one attached hydrogen (secondary N) is 3. The molecule has 3 N–H and O–H groups in total. The van der Waals surface area contributed by atoms with Gasteiger partial charge in [0.25, 0.3) is 17.4 Å². The maximum atomic E-state index is 12.1. The van der Waals surface area contributed by atoms with Crippen LogP contribution in [0.15, 0.2) is 56.6 Å². The summed E-state index contributed by atoms with van der Waals surface area (Å²) < 4.78 is 10.7. The zero-order chi connectivity index (χ0) is 20.3. The van der Waals surface area contributed by atoms with Gasteiger partial charge in [-0.3, -0.25) is 25.2 Å². The van der Waals surface area contributed by atoms with E-state index < -0.39 is 29.1 Å². The lowest BCUT2D eigenvalue weighted by molar-refractivity contribution is -0.128. The lowest BCUT2D eigenvalue weighted by Crippen LogP contribution is -2.48. The third kappa shape index (κ3) is 4.09. The second-order valence-corrected chi connectivity index (χ2v) is 6.02. The number of aryl methyl sites for hydroxylation is 1. The van der Waals surface area contributed by atoms with E-state index in [0.29, 0.717) is 11.3 Å². The molecule has 0 saturated carbocycles. The van der Waals surface area contributed by atoms with Crippen molar-refractivity contribution in [2.45, 2.75) is 20.0 Å². The van der Waals surface area contributed by atoms with Crippen LogP contribution in [-0.2, 0) is 4.79 Å². The quantitative estimate of drug-likeness (QED) is 0.455. The van der Waals surface area contributed by atoms with Gasteiger partial charge in [0, 0.05) is 23.7 Å². The summed E-state index contributed by atoms with van der Waals surface area (Å²) in [6.07, 6.45) is 0.421. The van der Waals surface area contributed by atoms with Gasteiger partial charge in [-0.2, -0.15) is 0 Å². The van der Waals surface area contributed by atoms with Gasteiger partial charge in [-0.25, -0.2) is 4.79 Å². The van der Waals surface area contributed by atoms with Crippen LogP contribution < -0.4 is 26.8 Å². The Hall–Kier alpha value is -3.88. The van der Waals surface area contributed by atoms with E-state index in [1.165, 1.54) is 37.4 Å². The first kappa shape index (κ1) is 18.9. The van der Waals surface area contributed by atoms with Crippen LogP contribution in [0.25, 0.3) is 11.0 Å². The molecule has 2 aromatic heterocycles. The molecule has 2 amide bonds. The van der Waals surface area contributed by atoms with Gasteiger partial charge in [0.15, 0.2) is 6.10 Å². The fraction of sp³-hybridized carbons (Fsp3) is 0.158. The van der Waals surface area contributed by atoms with E-state index in [1.807, 2.05) is 0 Å². The minimum atomic E-state index is -0.969. The Morgan fingerprint density at radius 3 is 2.68 bits per heavy atom. The molecule has 0 fully saturated rings. The number of amides is 2. The molecule has 1 atom stereocenters. The summed E-state index contributed by atoms with van der Waals surface area (Å²) in [7, 11) is 0. The molecule has 0 aliphatic rings. The number of fused-ring (bicyclic) bond motifs is 1. The van der Waals surface area contributed by atoms with E-state index in [0.717, 1.165) is 10.9 Å². The Labute approximate surface area is 158 Å². The summed E-state index contributed by atoms with van der Waals surface area (Å²) in [5.74, 6) is -1.08. The van der Waals surface area contributed by atoms with Crippen molar-refractivity contribution in [2.24, 2.45) is 0 Å². The van der Waals surface area contributed by atoms with Crippen LogP contribution in [-0.4, -0.2) is 22.9 Å². The zero-order valence-corrected chi connectivity index (χ0v) is 15.1. The van der Waals surface area contributed by atoms with E-state index in [-0.39, 0.29) is 5.56 Å². The highest BCUT2D eigenvalue weighted by molar-refractivity contribution is 5.95. The van der Waals surface area contributed by atoms with Crippen LogP contribution in [0, 0.1) is 6.92 Å². The summed E-state index contributed by atoms with van der Waals surface area (Å²) in [6, 6.07) is 9.07. The number of carbonyl (C=O) groups is 2. The number of pyridine rings is 1. The lowest BCUT2D eigenvalue weighted by atomic mass is 10.1. The molecule has 0 aliphatic heterocycles. The predicted molar refractivity (Wildman–Crippen MR) is 100.0 cm³/mol. The van der Waals surface area contributed by atoms with Crippen LogP contribution in [0.2, 0.25) is 0 Å². The second kappa shape index (κ2) is 7.78. The predicted octanol–water partition coefficient (Wildman–Crippen LogP) is 1.02. The molecular formula is C19H17N3O6. The van der Waals surface area contributed by atoms with Crippen molar-refractivity contribution in [3.63, 3.8) is 0 Å². The maximum Gasteiger partial charge on any atom is 0.336 e. The van der Waals surface area contributed by atoms with Gasteiger partial charge < -0.3 is 14.1 Å². The number of H-pyrrole nitrogens is 1. The van der Waals surface area contributed by atoms with Gasteiger partial charge in [0.05, 0.1) is 0 Å². The molecule has 2 heterocycles. The van der Waals surface area contributed by atoms with Gasteiger partial charge >= 0.3 is 5.63 Å². The molecule has 3 aromatic rings. The molecule has 1 aromatic carbocycles. The third-order valence-corrected chi connectivity index (χ3v) is 3.97. The third-order valence-electron chi connectivity index (χ3n) is 3.97. The standard InChI is InChI=1S/C19H17N3O6/c1-10-8-16(23)28-15-9-12(5-6-13(10)15)27-11(2)17(24)21-22-19(26)14-4-3-7-20-18(14)25/h3-9,11H,1-2H3,(H,20,25)(H,21,24)(H,22,26)/t11-/m1/s1. The highest BCUT2D eigenvalue weighted by atomic mass is 16.5. The highest BCUT2D eigenvalue weighted by Gasteiger charge is 2.17. The first-order valence-corrected chi connectivity index (χ1v) is 8.34. The molecule has 0 aliphatic carbocycles. The highest BCUT2D eigenvalue weighted by Crippen LogP contribution is 2.22. The van der Waals surface area contributed by atoms with Gasteiger partial charge in [0.1, 0.15) is 16.9 Å². The number of hydrazine groups is 1. The van der Waals surface area contributed by atoms with Crippen molar-refractivity contribution in [1.82, 2.24) is 15.8 Å². The average Bonchev–Trinajstić information content (AvgIpc) is 2.65. The fourth-order valence-electron chi connectivity index (χ4n) is 2.52. The molecule has 0 spiro atoms. The average molecular weight is 383 g/mol. The van der Waals surface area contributed by atoms with E-state index in [4.69, 9.17) is 9.15 Å². The Morgan fingerprint density at radius 1 is 1.14 bits per heavy atom. The van der Waals surface area contributed by atoms with Gasteiger partial charge in [-0.15, -0.1) is 0 Å². The van der Waals surface area contributed by atoms with Crippen LogP contribution >= 0.6 is 0 Å². The summed E-state index contributed by atoms with van der Waals surface area (Å²) in [6.45, 7) is 3.27. The topological polar surface area (TPSA) is 130 Å². The van der Waals surface area contributed by atoms with E-state index in [1.54, 1.807) is 19.1 Å². The van der Waals surface area contributed by atoms with Crippen molar-refractivity contribution in [3.8, 4) is 5.75 Å². The molecular weight excluding hydrogens is 366 g/mol. The van der Waals surface area contributed by atoms with E-state index in [2.05, 4.69) is 15.8 Å². The Morgan fingerprint density at radius 2 is 1.93 bits per heavy atom. The Balaban J connectivity index is 1.65. The van der Waals surface area contributed by atoms with E-state index in [9.17, 15) is 19.2 Å². The van der Waals surface area contributed by atoms with Crippen LogP contribution in [0.5, 0.6) is 5.75 Å². The minimum Gasteiger partial charge on any atom is -0.481 e. The molecule has 0 bridgehead atoms. The second-order valence-electron chi connectivity index (χ2n) is 6.02. The monoisotopic (exact) mass is 383 g/mol. The van der Waals surface area contributed by atoms with Crippen LogP contribution in [0.3, 0.4) is 0 Å². The first-order valence-electron chi connectivity index (χ1n) is 8.34. The molecule has 0 radical (unpaired) electrons. The fourth-order valence-corrected chi connectivity index (χ4v) is 2.52. The molecule has 0 unspecified atom stereocenters. The number of aromatic nitrogens is 1. The van der Waals surface area contributed by atoms with Gasteiger partial charge in [-0.1, -0.05) is 0 Å². The SMILES string of the molecule is Cc1cc(=O)oc2cc(O[C@H](C)C(=O)NNC(=O)c3ccc[nH]c3=O)ccc12. The van der Waals surface area contributed by atoms with Gasteiger partial charge in [0.2, 0.25) is 0 Å². The molecule has 28 heavy (non-hydrogen) atoms. The molecule has 9 heteroatoms. The van der Waals surface area contributed by atoms with Crippen molar-refractivity contribution in [2.75, 3.05) is 0 Å². The first-order chi connectivity index (χ1) is 13.3. The largest absolute Gasteiger partial charge is 0.481 e. The molecule has 0 saturated heterocycles. The number of ether oxygens (including phenoxy) is 1. The van der Waals surface area contributed by atoms with Crippen molar-refractivity contribution in [1.29, 1.82) is 0 Å². The zero-order valence-electron chi connectivity index (χ0n) is 15.1. The smallest absolute Gasteiger partial charge is 0.336 e. The molecule has 144 valence electrons. The molecule has 3 rings (SSSR count). The van der Waals surface area contributed by atoms with Crippen molar-refractivity contribution in [3.05, 3.63) is 74.5 Å².